The van der Waals surface area contributed by atoms with Crippen molar-refractivity contribution in [1.29, 1.82) is 5.26 Å². The van der Waals surface area contributed by atoms with Gasteiger partial charge < -0.3 is 10.6 Å². The second kappa shape index (κ2) is 7.63. The molecule has 5 nitrogen and oxygen atoms in total. The van der Waals surface area contributed by atoms with Crippen molar-refractivity contribution >= 4 is 41.2 Å². The Morgan fingerprint density at radius 2 is 1.87 bits per heavy atom. The molecule has 0 saturated heterocycles. The maximum absolute atomic E-state index is 12.2. The molecule has 0 radical (unpaired) electrons. The normalized spacial score (nSPS) is 11.2. The molecule has 2 aromatic carbocycles. The van der Waals surface area contributed by atoms with Gasteiger partial charge >= 0.3 is 0 Å². The summed E-state index contributed by atoms with van der Waals surface area (Å²) in [4.78, 5) is 22.6. The minimum absolute atomic E-state index is 0.228. The van der Waals surface area contributed by atoms with E-state index in [2.05, 4.69) is 10.6 Å². The highest BCUT2D eigenvalue weighted by Gasteiger charge is 2.19. The van der Waals surface area contributed by atoms with E-state index >= 15 is 0 Å². The summed E-state index contributed by atoms with van der Waals surface area (Å²) < 4.78 is 0. The van der Waals surface area contributed by atoms with Crippen LogP contribution in [-0.2, 0) is 4.79 Å². The lowest BCUT2D eigenvalue weighted by Crippen LogP contribution is -2.27. The van der Waals surface area contributed by atoms with Gasteiger partial charge in [0.1, 0.15) is 6.04 Å². The van der Waals surface area contributed by atoms with E-state index in [1.807, 2.05) is 6.07 Å². The van der Waals surface area contributed by atoms with Crippen LogP contribution < -0.4 is 10.6 Å². The summed E-state index contributed by atoms with van der Waals surface area (Å²) in [6.45, 7) is 0. The van der Waals surface area contributed by atoms with Crippen LogP contribution in [-0.4, -0.2) is 12.3 Å². The number of carbonyl (C=O) groups is 2. The third-order valence-corrected chi connectivity index (χ3v) is 3.90. The van der Waals surface area contributed by atoms with Crippen LogP contribution in [0, 0.1) is 11.3 Å². The van der Waals surface area contributed by atoms with Crippen LogP contribution in [0.5, 0.6) is 0 Å². The van der Waals surface area contributed by atoms with E-state index in [1.54, 1.807) is 30.3 Å². The molecular weight excluding hydrogens is 337 g/mol. The van der Waals surface area contributed by atoms with E-state index < -0.39 is 11.9 Å². The second-order valence-corrected chi connectivity index (χ2v) is 5.30. The van der Waals surface area contributed by atoms with Crippen molar-refractivity contribution in [3.63, 3.8) is 0 Å². The topological polar surface area (TPSA) is 82.0 Å². The first kappa shape index (κ1) is 16.8. The molecule has 0 saturated carbocycles. The van der Waals surface area contributed by atoms with Crippen molar-refractivity contribution in [1.82, 2.24) is 5.32 Å². The fourth-order valence-corrected chi connectivity index (χ4v) is 2.34. The third kappa shape index (κ3) is 4.01. The number of halogens is 2. The lowest BCUT2D eigenvalue weighted by Gasteiger charge is -2.14. The number of anilines is 1. The van der Waals surface area contributed by atoms with E-state index in [4.69, 9.17) is 23.2 Å². The van der Waals surface area contributed by atoms with Gasteiger partial charge in [-0.15, -0.1) is 0 Å². The van der Waals surface area contributed by atoms with Crippen molar-refractivity contribution in [3.8, 4) is 6.07 Å². The Morgan fingerprint density at radius 3 is 2.48 bits per heavy atom. The average Bonchev–Trinajstić information content (AvgIpc) is 2.56. The minimum atomic E-state index is -0.929. The van der Waals surface area contributed by atoms with Gasteiger partial charge in [-0.1, -0.05) is 35.3 Å². The Bertz CT molecular complexity index is 770. The molecule has 0 spiro atoms. The van der Waals surface area contributed by atoms with Crippen LogP contribution in [0.25, 0.3) is 0 Å². The van der Waals surface area contributed by atoms with E-state index in [9.17, 15) is 14.9 Å². The van der Waals surface area contributed by atoms with Gasteiger partial charge in [0.2, 0.25) is 6.41 Å². The zero-order chi connectivity index (χ0) is 16.8. The van der Waals surface area contributed by atoms with E-state index in [0.29, 0.717) is 28.2 Å². The number of carbonyl (C=O) groups excluding carboxylic acids is 2. The first-order chi connectivity index (χ1) is 11.1. The largest absolute Gasteiger partial charge is 0.332 e. The number of nitriles is 1. The number of nitrogens with zero attached hydrogens (tertiary/aromatic N) is 1. The monoisotopic (exact) mass is 347 g/mol. The first-order valence-corrected chi connectivity index (χ1v) is 7.27. The molecule has 0 aliphatic rings. The molecule has 2 amide bonds. The van der Waals surface area contributed by atoms with Crippen LogP contribution in [0.4, 0.5) is 5.69 Å². The fraction of sp³-hybridized carbons (Fsp3) is 0.0625. The van der Waals surface area contributed by atoms with Gasteiger partial charge in [0, 0.05) is 16.8 Å². The predicted molar refractivity (Wildman–Crippen MR) is 88.4 cm³/mol. The number of benzene rings is 2. The fourth-order valence-electron chi connectivity index (χ4n) is 1.92. The summed E-state index contributed by atoms with van der Waals surface area (Å²) in [5.74, 6) is -0.440. The van der Waals surface area contributed by atoms with Crippen molar-refractivity contribution in [2.75, 3.05) is 5.32 Å². The predicted octanol–water partition coefficient (Wildman–Crippen LogP) is 3.56. The summed E-state index contributed by atoms with van der Waals surface area (Å²) in [5, 5.41) is 14.9. The highest BCUT2D eigenvalue weighted by molar-refractivity contribution is 6.42. The van der Waals surface area contributed by atoms with Gasteiger partial charge in [-0.25, -0.2) is 0 Å². The Kier molecular flexibility index (Phi) is 5.58. The van der Waals surface area contributed by atoms with Crippen LogP contribution in [0.2, 0.25) is 10.0 Å². The van der Waals surface area contributed by atoms with Gasteiger partial charge in [0.25, 0.3) is 5.91 Å². The zero-order valence-electron chi connectivity index (χ0n) is 11.7. The molecular formula is C16H11Cl2N3O2. The Morgan fingerprint density at radius 1 is 1.17 bits per heavy atom. The SMILES string of the molecule is N#C[C@@H](NC(=O)c1ccc(NC=O)cc1)c1cccc(Cl)c1Cl. The lowest BCUT2D eigenvalue weighted by molar-refractivity contribution is -0.105. The maximum Gasteiger partial charge on any atom is 0.252 e. The standard InChI is InChI=1S/C16H11Cl2N3O2/c17-13-3-1-2-12(15(13)18)14(8-19)21-16(23)10-4-6-11(7-5-10)20-9-22/h1-7,9,14H,(H,20,22)(H,21,23)/t14-/m1/s1. The number of hydrogen-bond acceptors (Lipinski definition) is 3. The number of amides is 2. The smallest absolute Gasteiger partial charge is 0.252 e. The highest BCUT2D eigenvalue weighted by atomic mass is 35.5. The minimum Gasteiger partial charge on any atom is -0.332 e. The molecule has 2 rings (SSSR count). The maximum atomic E-state index is 12.2. The molecule has 2 aromatic rings. The zero-order valence-corrected chi connectivity index (χ0v) is 13.2. The van der Waals surface area contributed by atoms with Crippen LogP contribution in [0.3, 0.4) is 0 Å². The molecule has 7 heteroatoms. The van der Waals surface area contributed by atoms with Crippen molar-refractivity contribution in [2.45, 2.75) is 6.04 Å². The van der Waals surface area contributed by atoms with Gasteiger partial charge in [-0.2, -0.15) is 5.26 Å². The highest BCUT2D eigenvalue weighted by Crippen LogP contribution is 2.29. The van der Waals surface area contributed by atoms with Gasteiger partial charge in [-0.05, 0) is 30.3 Å². The molecule has 0 heterocycles. The third-order valence-electron chi connectivity index (χ3n) is 3.07. The summed E-state index contributed by atoms with van der Waals surface area (Å²) in [7, 11) is 0. The molecule has 0 fully saturated rings. The molecule has 0 aliphatic heterocycles. The summed E-state index contributed by atoms with van der Waals surface area (Å²) >= 11 is 12.0. The molecule has 1 atom stereocenters. The molecule has 0 aliphatic carbocycles. The van der Waals surface area contributed by atoms with Crippen LogP contribution >= 0.6 is 23.2 Å². The van der Waals surface area contributed by atoms with Gasteiger partial charge in [-0.3, -0.25) is 9.59 Å². The molecule has 0 bridgehead atoms. The molecule has 0 aromatic heterocycles. The summed E-state index contributed by atoms with van der Waals surface area (Å²) in [6, 6.07) is 12.2. The van der Waals surface area contributed by atoms with Crippen molar-refractivity contribution < 1.29 is 9.59 Å². The Labute approximate surface area is 142 Å². The van der Waals surface area contributed by atoms with Crippen LogP contribution in [0.1, 0.15) is 22.0 Å². The van der Waals surface area contributed by atoms with Gasteiger partial charge in [0.15, 0.2) is 0 Å². The van der Waals surface area contributed by atoms with Crippen molar-refractivity contribution in [2.24, 2.45) is 0 Å². The second-order valence-electron chi connectivity index (χ2n) is 4.52. The average molecular weight is 348 g/mol. The van der Waals surface area contributed by atoms with E-state index in [1.165, 1.54) is 12.1 Å². The first-order valence-electron chi connectivity index (χ1n) is 6.51. The van der Waals surface area contributed by atoms with Gasteiger partial charge in [0.05, 0.1) is 16.1 Å². The van der Waals surface area contributed by atoms with E-state index in [0.717, 1.165) is 0 Å². The Hall–Kier alpha value is -2.55. The lowest BCUT2D eigenvalue weighted by atomic mass is 10.1. The number of hydrogen-bond donors (Lipinski definition) is 2. The van der Waals surface area contributed by atoms with Crippen molar-refractivity contribution in [3.05, 3.63) is 63.6 Å². The van der Waals surface area contributed by atoms with Crippen LogP contribution in [0.15, 0.2) is 42.5 Å². The molecule has 2 N–H and O–H groups in total. The molecule has 0 unspecified atom stereocenters. The summed E-state index contributed by atoms with van der Waals surface area (Å²) in [6.07, 6.45) is 0.544. The summed E-state index contributed by atoms with van der Waals surface area (Å²) in [5.41, 5.74) is 1.33. The number of nitrogens with one attached hydrogen (secondary N) is 2. The Balaban J connectivity index is 2.18. The molecule has 116 valence electrons. The molecule has 23 heavy (non-hydrogen) atoms. The number of rotatable bonds is 5. The quantitative estimate of drug-likeness (QED) is 0.811. The van der Waals surface area contributed by atoms with E-state index in [-0.39, 0.29) is 5.02 Å².